The highest BCUT2D eigenvalue weighted by Crippen LogP contribution is 2.39. The highest BCUT2D eigenvalue weighted by molar-refractivity contribution is 7.89. The van der Waals surface area contributed by atoms with Crippen molar-refractivity contribution in [1.82, 2.24) is 9.78 Å². The molecule has 0 N–H and O–H groups in total. The standard InChI is InChI=1S/C26H21ClF5N3O4S/c1-34-25-19(5-6-20(27)23(25)21(33-34)13-40(2,38)39)18-4-3-7-35(37)24(18)15(11-22(36)26(30,31)32)8-14-9-16(28)12-17(29)10-14/h3-7,9-10,12,15H,8,11,13H2,1-2H3/t15-/m1/s1. The molecule has 0 saturated carbocycles. The van der Waals surface area contributed by atoms with E-state index in [1.807, 2.05) is 0 Å². The van der Waals surface area contributed by atoms with Gasteiger partial charge < -0.3 is 5.21 Å². The number of aryl methyl sites for hydroxylation is 1. The van der Waals surface area contributed by atoms with Crippen molar-refractivity contribution in [3.05, 3.63) is 87.5 Å². The van der Waals surface area contributed by atoms with Crippen LogP contribution in [-0.4, -0.2) is 36.4 Å². The first-order valence-corrected chi connectivity index (χ1v) is 14.1. The minimum Gasteiger partial charge on any atom is -0.618 e. The van der Waals surface area contributed by atoms with Gasteiger partial charge in [0.25, 0.3) is 0 Å². The second kappa shape index (κ2) is 10.8. The van der Waals surface area contributed by atoms with E-state index in [-0.39, 0.29) is 44.0 Å². The van der Waals surface area contributed by atoms with Gasteiger partial charge in [-0.1, -0.05) is 17.7 Å². The third-order valence-corrected chi connectivity index (χ3v) is 7.35. The molecule has 0 bridgehead atoms. The van der Waals surface area contributed by atoms with Crippen LogP contribution in [-0.2, 0) is 33.9 Å². The lowest BCUT2D eigenvalue weighted by Gasteiger charge is -2.20. The molecule has 1 atom stereocenters. The summed E-state index contributed by atoms with van der Waals surface area (Å²) in [7, 11) is -2.04. The van der Waals surface area contributed by atoms with E-state index in [0.29, 0.717) is 10.8 Å². The van der Waals surface area contributed by atoms with Crippen LogP contribution in [0.5, 0.6) is 0 Å². The molecule has 0 aliphatic carbocycles. The molecule has 212 valence electrons. The second-order valence-electron chi connectivity index (χ2n) is 9.40. The van der Waals surface area contributed by atoms with E-state index in [2.05, 4.69) is 5.10 Å². The number of aromatic nitrogens is 3. The Morgan fingerprint density at radius 2 is 1.77 bits per heavy atom. The molecule has 0 spiro atoms. The topological polar surface area (TPSA) is 96.0 Å². The summed E-state index contributed by atoms with van der Waals surface area (Å²) < 4.78 is 93.4. The minimum absolute atomic E-state index is 0.0653. The largest absolute Gasteiger partial charge is 0.618 e. The van der Waals surface area contributed by atoms with Gasteiger partial charge in [0, 0.05) is 42.8 Å². The maximum atomic E-state index is 13.9. The highest BCUT2D eigenvalue weighted by atomic mass is 35.5. The van der Waals surface area contributed by atoms with E-state index < -0.39 is 57.9 Å². The van der Waals surface area contributed by atoms with E-state index in [1.165, 1.54) is 36.0 Å². The lowest BCUT2D eigenvalue weighted by Crippen LogP contribution is -2.36. The number of rotatable bonds is 8. The summed E-state index contributed by atoms with van der Waals surface area (Å²) in [5, 5.41) is 17.8. The van der Waals surface area contributed by atoms with Gasteiger partial charge in [-0.05, 0) is 36.2 Å². The zero-order valence-corrected chi connectivity index (χ0v) is 22.5. The summed E-state index contributed by atoms with van der Waals surface area (Å²) in [6.45, 7) is 0. The molecule has 40 heavy (non-hydrogen) atoms. The fourth-order valence-corrected chi connectivity index (χ4v) is 5.73. The minimum atomic E-state index is -5.22. The van der Waals surface area contributed by atoms with Crippen LogP contribution in [0.15, 0.2) is 48.7 Å². The Kier molecular flexibility index (Phi) is 7.92. The number of Topliss-reactive ketones (excluding diaryl/α,β-unsaturated/α-hetero) is 1. The van der Waals surface area contributed by atoms with Crippen molar-refractivity contribution >= 4 is 38.1 Å². The number of nitrogens with zero attached hydrogens (tertiary/aromatic N) is 3. The smallest absolute Gasteiger partial charge is 0.449 e. The Labute approximate surface area is 230 Å². The van der Waals surface area contributed by atoms with Crippen LogP contribution >= 0.6 is 11.6 Å². The molecule has 7 nitrogen and oxygen atoms in total. The molecule has 0 aliphatic rings. The van der Waals surface area contributed by atoms with Gasteiger partial charge in [-0.2, -0.15) is 23.0 Å². The van der Waals surface area contributed by atoms with Crippen molar-refractivity contribution in [3.63, 3.8) is 0 Å². The molecule has 0 amide bonds. The van der Waals surface area contributed by atoms with Gasteiger partial charge in [0.2, 0.25) is 11.5 Å². The molecule has 2 aromatic carbocycles. The molecule has 0 radical (unpaired) electrons. The number of hydrogen-bond acceptors (Lipinski definition) is 5. The van der Waals surface area contributed by atoms with E-state index in [9.17, 15) is 40.4 Å². The molecule has 0 unspecified atom stereocenters. The summed E-state index contributed by atoms with van der Waals surface area (Å²) in [6, 6.07) is 8.09. The average molecular weight is 602 g/mol. The Hall–Kier alpha value is -3.58. The van der Waals surface area contributed by atoms with Gasteiger partial charge in [0.05, 0.1) is 33.5 Å². The zero-order valence-electron chi connectivity index (χ0n) is 21.0. The fourth-order valence-electron chi connectivity index (χ4n) is 4.77. The Balaban J connectivity index is 1.96. The van der Waals surface area contributed by atoms with Crippen molar-refractivity contribution in [2.45, 2.75) is 30.7 Å². The number of ketones is 1. The summed E-state index contributed by atoms with van der Waals surface area (Å²) in [5.74, 6) is -6.00. The lowest BCUT2D eigenvalue weighted by atomic mass is 9.86. The first kappa shape index (κ1) is 29.4. The van der Waals surface area contributed by atoms with Crippen LogP contribution in [0.4, 0.5) is 22.0 Å². The second-order valence-corrected chi connectivity index (χ2v) is 11.9. The number of sulfone groups is 1. The summed E-state index contributed by atoms with van der Waals surface area (Å²) in [5.41, 5.74) is 0.451. The molecule has 0 fully saturated rings. The van der Waals surface area contributed by atoms with E-state index in [4.69, 9.17) is 11.6 Å². The van der Waals surface area contributed by atoms with Crippen molar-refractivity contribution in [2.75, 3.05) is 6.26 Å². The Morgan fingerprint density at radius 3 is 2.38 bits per heavy atom. The first-order chi connectivity index (χ1) is 18.5. The lowest BCUT2D eigenvalue weighted by molar-refractivity contribution is -0.615. The van der Waals surface area contributed by atoms with Crippen LogP contribution in [0.1, 0.15) is 29.3 Å². The van der Waals surface area contributed by atoms with Crippen molar-refractivity contribution in [2.24, 2.45) is 7.05 Å². The molecular formula is C26H21ClF5N3O4S. The van der Waals surface area contributed by atoms with E-state index in [0.717, 1.165) is 24.6 Å². The number of hydrogen-bond donors (Lipinski definition) is 0. The van der Waals surface area contributed by atoms with Gasteiger partial charge in [-0.15, -0.1) is 0 Å². The average Bonchev–Trinajstić information content (AvgIpc) is 3.12. The molecular weight excluding hydrogens is 581 g/mol. The van der Waals surface area contributed by atoms with Gasteiger partial charge in [0.15, 0.2) is 16.0 Å². The normalized spacial score (nSPS) is 13.1. The number of benzene rings is 2. The van der Waals surface area contributed by atoms with Crippen LogP contribution in [0.25, 0.3) is 22.0 Å². The maximum Gasteiger partial charge on any atom is 0.449 e. The Bertz CT molecular complexity index is 1720. The Morgan fingerprint density at radius 1 is 1.12 bits per heavy atom. The summed E-state index contributed by atoms with van der Waals surface area (Å²) in [6.07, 6.45) is -4.83. The van der Waals surface area contributed by atoms with Gasteiger partial charge in [0.1, 0.15) is 11.6 Å². The van der Waals surface area contributed by atoms with Crippen LogP contribution in [0.2, 0.25) is 5.02 Å². The molecule has 2 aromatic heterocycles. The number of carbonyl (C=O) groups is 1. The maximum absolute atomic E-state index is 13.9. The quantitative estimate of drug-likeness (QED) is 0.157. The third kappa shape index (κ3) is 6.25. The van der Waals surface area contributed by atoms with Gasteiger partial charge in [-0.25, -0.2) is 17.2 Å². The molecule has 0 saturated heterocycles. The van der Waals surface area contributed by atoms with Crippen molar-refractivity contribution < 1.29 is 39.9 Å². The van der Waals surface area contributed by atoms with Crippen LogP contribution in [0, 0.1) is 16.8 Å². The summed E-state index contributed by atoms with van der Waals surface area (Å²) in [4.78, 5) is 12.1. The van der Waals surface area contributed by atoms with E-state index >= 15 is 0 Å². The molecule has 14 heteroatoms. The number of pyridine rings is 1. The monoisotopic (exact) mass is 601 g/mol. The SMILES string of the molecule is Cn1nc(CS(C)(=O)=O)c2c(Cl)ccc(-c3ccc[n+]([O-])c3[C@@H](CC(=O)C(F)(F)F)Cc3cc(F)cc(F)c3)c21. The molecule has 4 aromatic rings. The number of carbonyl (C=O) groups excluding carboxylic acids is 1. The van der Waals surface area contributed by atoms with Gasteiger partial charge >= 0.3 is 6.18 Å². The summed E-state index contributed by atoms with van der Waals surface area (Å²) >= 11 is 6.40. The number of halogens is 6. The fraction of sp³-hybridized carbons (Fsp3) is 0.269. The molecule has 0 aliphatic heterocycles. The zero-order chi connectivity index (χ0) is 29.6. The number of fused-ring (bicyclic) bond motifs is 1. The third-order valence-electron chi connectivity index (χ3n) is 6.24. The van der Waals surface area contributed by atoms with Crippen molar-refractivity contribution in [1.29, 1.82) is 0 Å². The van der Waals surface area contributed by atoms with Crippen molar-refractivity contribution in [3.8, 4) is 11.1 Å². The molecule has 4 rings (SSSR count). The van der Waals surface area contributed by atoms with Gasteiger partial charge in [-0.3, -0.25) is 9.48 Å². The molecule has 2 heterocycles. The van der Waals surface area contributed by atoms with E-state index in [1.54, 1.807) is 0 Å². The van der Waals surface area contributed by atoms with Crippen LogP contribution < -0.4 is 4.73 Å². The predicted molar refractivity (Wildman–Crippen MR) is 137 cm³/mol. The first-order valence-electron chi connectivity index (χ1n) is 11.6. The van der Waals surface area contributed by atoms with Crippen LogP contribution in [0.3, 0.4) is 0 Å². The highest BCUT2D eigenvalue weighted by Gasteiger charge is 2.41. The predicted octanol–water partition coefficient (Wildman–Crippen LogP) is 5.20. The number of alkyl halides is 3.